The molecule has 1 fully saturated rings. The summed E-state index contributed by atoms with van der Waals surface area (Å²) in [5, 5.41) is 25.6. The fourth-order valence-corrected chi connectivity index (χ4v) is 3.64. The van der Waals surface area contributed by atoms with Crippen molar-refractivity contribution >= 4 is 5.91 Å². The Morgan fingerprint density at radius 2 is 2.09 bits per heavy atom. The van der Waals surface area contributed by atoms with E-state index in [2.05, 4.69) is 25.7 Å². The number of aromatic nitrogens is 5. The van der Waals surface area contributed by atoms with Gasteiger partial charge in [-0.15, -0.1) is 10.2 Å². The number of amides is 1. The predicted octanol–water partition coefficient (Wildman–Crippen LogP) is 1.54. The number of methoxy groups -OCH3 is 1. The number of hydrogen-bond acceptors (Lipinski definition) is 9. The zero-order chi connectivity index (χ0) is 25.0. The summed E-state index contributed by atoms with van der Waals surface area (Å²) in [4.78, 5) is 18.6. The second-order valence-electron chi connectivity index (χ2n) is 9.02. The summed E-state index contributed by atoms with van der Waals surface area (Å²) in [6.07, 6.45) is -0.640. The first-order valence-corrected chi connectivity index (χ1v) is 11.3. The summed E-state index contributed by atoms with van der Waals surface area (Å²) in [6.45, 7) is 6.48. The van der Waals surface area contributed by atoms with Gasteiger partial charge in [0.25, 0.3) is 5.91 Å². The van der Waals surface area contributed by atoms with E-state index < -0.39 is 5.60 Å². The van der Waals surface area contributed by atoms with Crippen molar-refractivity contribution in [1.29, 1.82) is 0 Å². The Kier molecular flexibility index (Phi) is 7.39. The zero-order valence-corrected chi connectivity index (χ0v) is 20.3. The Hall–Kier alpha value is -3.41. The molecule has 4 rings (SSSR count). The molecule has 35 heavy (non-hydrogen) atoms. The average Bonchev–Trinajstić information content (AvgIpc) is 3.30. The maximum absolute atomic E-state index is 12.8. The van der Waals surface area contributed by atoms with Crippen LogP contribution in [0.1, 0.15) is 35.6 Å². The Morgan fingerprint density at radius 3 is 2.80 bits per heavy atom. The summed E-state index contributed by atoms with van der Waals surface area (Å²) in [5.41, 5.74) is 1.50. The molecule has 1 aromatic carbocycles. The molecule has 11 nitrogen and oxygen atoms in total. The number of aliphatic hydroxyl groups is 1. The Bertz CT molecular complexity index is 1170. The van der Waals surface area contributed by atoms with Gasteiger partial charge in [-0.05, 0) is 55.8 Å². The maximum atomic E-state index is 12.8. The summed E-state index contributed by atoms with van der Waals surface area (Å²) < 4.78 is 16.7. The van der Waals surface area contributed by atoms with Crippen LogP contribution in [0.15, 0.2) is 36.4 Å². The van der Waals surface area contributed by atoms with Crippen molar-refractivity contribution in [3.63, 3.8) is 0 Å². The molecule has 11 heteroatoms. The van der Waals surface area contributed by atoms with Gasteiger partial charge in [0.05, 0.1) is 32.5 Å². The number of nitrogens with one attached hydrogen (secondary N) is 1. The van der Waals surface area contributed by atoms with Crippen LogP contribution in [-0.2, 0) is 22.6 Å². The Balaban J connectivity index is 1.39. The van der Waals surface area contributed by atoms with Crippen LogP contribution < -0.4 is 10.1 Å². The highest BCUT2D eigenvalue weighted by atomic mass is 16.6. The number of tetrazole rings is 1. The van der Waals surface area contributed by atoms with E-state index in [-0.39, 0.29) is 30.4 Å². The highest BCUT2D eigenvalue weighted by molar-refractivity contribution is 5.93. The van der Waals surface area contributed by atoms with Gasteiger partial charge in [0.2, 0.25) is 5.82 Å². The van der Waals surface area contributed by atoms with E-state index in [0.717, 1.165) is 11.3 Å². The molecule has 3 aromatic rings. The van der Waals surface area contributed by atoms with Gasteiger partial charge in [-0.1, -0.05) is 12.1 Å². The van der Waals surface area contributed by atoms with Crippen LogP contribution in [0.5, 0.6) is 5.75 Å². The van der Waals surface area contributed by atoms with E-state index in [4.69, 9.17) is 14.2 Å². The standard InChI is InChI=1S/C24H30N6O5/c1-15-8-17(10-20(26-15)23(31)25-11-16-6-5-7-18(9-16)33-4)22-27-29-30(28-22)12-19-13-35-21(14-34-19)24(2,3)32/h5-10,19,21,32H,11-14H2,1-4H3,(H,25,31)/t19-,21-/m0/s1. The number of pyridine rings is 1. The van der Waals surface area contributed by atoms with Gasteiger partial charge in [-0.3, -0.25) is 4.79 Å². The molecule has 3 heterocycles. The smallest absolute Gasteiger partial charge is 0.270 e. The third kappa shape index (κ3) is 6.38. The largest absolute Gasteiger partial charge is 0.497 e. The fourth-order valence-electron chi connectivity index (χ4n) is 3.64. The van der Waals surface area contributed by atoms with Crippen molar-refractivity contribution < 1.29 is 24.1 Å². The molecule has 1 amide bonds. The van der Waals surface area contributed by atoms with Crippen LogP contribution in [0, 0.1) is 6.92 Å². The summed E-state index contributed by atoms with van der Waals surface area (Å²) >= 11 is 0. The highest BCUT2D eigenvalue weighted by Crippen LogP contribution is 2.20. The molecule has 1 aliphatic heterocycles. The minimum Gasteiger partial charge on any atom is -0.497 e. The average molecular weight is 483 g/mol. The quantitative estimate of drug-likeness (QED) is 0.490. The molecule has 2 aromatic heterocycles. The van der Waals surface area contributed by atoms with E-state index in [0.29, 0.717) is 36.8 Å². The van der Waals surface area contributed by atoms with Gasteiger partial charge < -0.3 is 24.6 Å². The van der Waals surface area contributed by atoms with Crippen LogP contribution >= 0.6 is 0 Å². The number of rotatable bonds is 8. The van der Waals surface area contributed by atoms with Crippen molar-refractivity contribution in [3.8, 4) is 17.1 Å². The number of aryl methyl sites for hydroxylation is 1. The molecule has 0 bridgehead atoms. The molecule has 186 valence electrons. The lowest BCUT2D eigenvalue weighted by Gasteiger charge is -2.35. The van der Waals surface area contributed by atoms with E-state index in [9.17, 15) is 9.90 Å². The lowest BCUT2D eigenvalue weighted by molar-refractivity contribution is -0.192. The minimum atomic E-state index is -0.971. The monoisotopic (exact) mass is 482 g/mol. The van der Waals surface area contributed by atoms with Crippen LogP contribution in [-0.4, -0.2) is 74.3 Å². The van der Waals surface area contributed by atoms with Gasteiger partial charge in [0.15, 0.2) is 0 Å². The maximum Gasteiger partial charge on any atom is 0.270 e. The second kappa shape index (κ2) is 10.5. The van der Waals surface area contributed by atoms with Gasteiger partial charge in [0, 0.05) is 17.8 Å². The van der Waals surface area contributed by atoms with Gasteiger partial charge in [0.1, 0.15) is 23.7 Å². The lowest BCUT2D eigenvalue weighted by atomic mass is 10.0. The fraction of sp³-hybridized carbons (Fsp3) is 0.458. The molecule has 0 aliphatic carbocycles. The van der Waals surface area contributed by atoms with E-state index in [1.54, 1.807) is 40.0 Å². The molecule has 2 N–H and O–H groups in total. The molecule has 2 atom stereocenters. The molecular weight excluding hydrogens is 452 g/mol. The van der Waals surface area contributed by atoms with Crippen LogP contribution in [0.3, 0.4) is 0 Å². The van der Waals surface area contributed by atoms with Crippen molar-refractivity contribution in [2.45, 2.75) is 51.7 Å². The SMILES string of the molecule is COc1cccc(CNC(=O)c2cc(-c3nnn(C[C@H]4CO[C@H](C(C)(C)O)CO4)n3)cc(C)n2)c1. The van der Waals surface area contributed by atoms with E-state index >= 15 is 0 Å². The number of benzene rings is 1. The van der Waals surface area contributed by atoms with Crippen LogP contribution in [0.25, 0.3) is 11.4 Å². The molecular formula is C24H30N6O5. The lowest BCUT2D eigenvalue weighted by Crippen LogP contribution is -2.48. The first-order valence-electron chi connectivity index (χ1n) is 11.3. The van der Waals surface area contributed by atoms with E-state index in [1.807, 2.05) is 24.3 Å². The molecule has 1 aliphatic rings. The van der Waals surface area contributed by atoms with E-state index in [1.165, 1.54) is 4.80 Å². The van der Waals surface area contributed by atoms with Crippen molar-refractivity contribution in [3.05, 3.63) is 53.3 Å². The predicted molar refractivity (Wildman–Crippen MR) is 126 cm³/mol. The highest BCUT2D eigenvalue weighted by Gasteiger charge is 2.33. The van der Waals surface area contributed by atoms with Crippen molar-refractivity contribution in [2.24, 2.45) is 0 Å². The van der Waals surface area contributed by atoms with Crippen LogP contribution in [0.4, 0.5) is 0 Å². The molecule has 0 spiro atoms. The molecule has 1 saturated heterocycles. The third-order valence-electron chi connectivity index (χ3n) is 5.61. The number of carbonyl (C=O) groups is 1. The zero-order valence-electron chi connectivity index (χ0n) is 20.3. The first-order chi connectivity index (χ1) is 16.7. The summed E-state index contributed by atoms with van der Waals surface area (Å²) in [7, 11) is 1.60. The van der Waals surface area contributed by atoms with Gasteiger partial charge in [-0.25, -0.2) is 4.98 Å². The summed E-state index contributed by atoms with van der Waals surface area (Å²) in [5.74, 6) is 0.798. The minimum absolute atomic E-state index is 0.257. The topological polar surface area (TPSA) is 134 Å². The van der Waals surface area contributed by atoms with Crippen molar-refractivity contribution in [1.82, 2.24) is 30.5 Å². The normalized spacial score (nSPS) is 18.3. The Labute approximate surface area is 203 Å². The van der Waals surface area contributed by atoms with Crippen LogP contribution in [0.2, 0.25) is 0 Å². The number of carbonyl (C=O) groups excluding carboxylic acids is 1. The number of hydrogen-bond donors (Lipinski definition) is 2. The van der Waals surface area contributed by atoms with Crippen molar-refractivity contribution in [2.75, 3.05) is 20.3 Å². The third-order valence-corrected chi connectivity index (χ3v) is 5.61. The Morgan fingerprint density at radius 1 is 1.26 bits per heavy atom. The molecule has 0 unspecified atom stereocenters. The molecule has 0 saturated carbocycles. The van der Waals surface area contributed by atoms with Gasteiger partial charge in [-0.2, -0.15) is 4.80 Å². The second-order valence-corrected chi connectivity index (χ2v) is 9.02. The summed E-state index contributed by atoms with van der Waals surface area (Å²) in [6, 6.07) is 10.9. The number of ether oxygens (including phenoxy) is 3. The first kappa shape index (κ1) is 24.7. The molecule has 0 radical (unpaired) electrons. The number of nitrogens with zero attached hydrogens (tertiary/aromatic N) is 5. The van der Waals surface area contributed by atoms with Gasteiger partial charge >= 0.3 is 0 Å².